The smallest absolute Gasteiger partial charge is 0.334 e. The van der Waals surface area contributed by atoms with Gasteiger partial charge >= 0.3 is 6.18 Å². The number of hydrogen-bond donors (Lipinski definition) is 1. The molecule has 1 aliphatic heterocycles. The zero-order chi connectivity index (χ0) is 23.3. The summed E-state index contributed by atoms with van der Waals surface area (Å²) in [5.41, 5.74) is 1.43. The van der Waals surface area contributed by atoms with Crippen LogP contribution in [0, 0.1) is 0 Å². The lowest BCUT2D eigenvalue weighted by molar-refractivity contribution is -0.137. The summed E-state index contributed by atoms with van der Waals surface area (Å²) in [6, 6.07) is 0.848. The second kappa shape index (κ2) is 7.73. The molecule has 0 atom stereocenters. The van der Waals surface area contributed by atoms with Crippen molar-refractivity contribution in [3.8, 4) is 0 Å². The largest absolute Gasteiger partial charge is 0.417 e. The van der Waals surface area contributed by atoms with Gasteiger partial charge in [-0.05, 0) is 18.1 Å². The first-order chi connectivity index (χ1) is 15.7. The molecule has 0 bridgehead atoms. The van der Waals surface area contributed by atoms with Crippen molar-refractivity contribution in [2.75, 3.05) is 11.9 Å². The van der Waals surface area contributed by atoms with Crippen LogP contribution in [0.15, 0.2) is 42.4 Å². The standard InChI is InChI=1S/C21H17F3N6O2S/c1-28-4-5-30-19(28)15(9-26-30)20(32)29-3-2-14-16(11-33-17(14)10-29)18(31)27-13-6-12(7-25-8-13)21(22,23)24/h4-9,11H,2-3,10H2,1H3,(H,27,31). The maximum Gasteiger partial charge on any atom is 0.417 e. The molecule has 5 rings (SSSR count). The first-order valence-electron chi connectivity index (χ1n) is 9.93. The molecule has 8 nitrogen and oxygen atoms in total. The van der Waals surface area contributed by atoms with Gasteiger partial charge in [0.2, 0.25) is 0 Å². The molecule has 0 spiro atoms. The predicted octanol–water partition coefficient (Wildman–Crippen LogP) is 3.60. The number of pyridine rings is 1. The number of nitrogens with one attached hydrogen (secondary N) is 1. The molecule has 0 aliphatic carbocycles. The fourth-order valence-electron chi connectivity index (χ4n) is 3.93. The molecule has 0 aromatic carbocycles. The van der Waals surface area contributed by atoms with Gasteiger partial charge in [-0.3, -0.25) is 14.6 Å². The Morgan fingerprint density at radius 1 is 1.15 bits per heavy atom. The van der Waals surface area contributed by atoms with E-state index in [1.807, 2.05) is 17.8 Å². The summed E-state index contributed by atoms with van der Waals surface area (Å²) in [5.74, 6) is -0.651. The number of anilines is 1. The third-order valence-corrected chi connectivity index (χ3v) is 6.58. The van der Waals surface area contributed by atoms with E-state index in [1.165, 1.54) is 17.5 Å². The molecular formula is C21H17F3N6O2S. The number of amides is 2. The van der Waals surface area contributed by atoms with E-state index in [4.69, 9.17) is 0 Å². The third-order valence-electron chi connectivity index (χ3n) is 5.57. The number of aryl methyl sites for hydroxylation is 1. The maximum absolute atomic E-state index is 13.1. The number of rotatable bonds is 3. The molecule has 33 heavy (non-hydrogen) atoms. The summed E-state index contributed by atoms with van der Waals surface area (Å²) in [5, 5.41) is 8.38. The highest BCUT2D eigenvalue weighted by atomic mass is 32.1. The highest BCUT2D eigenvalue weighted by Crippen LogP contribution is 2.32. The number of aromatic nitrogens is 4. The summed E-state index contributed by atoms with van der Waals surface area (Å²) in [6.45, 7) is 0.759. The lowest BCUT2D eigenvalue weighted by Crippen LogP contribution is -2.36. The van der Waals surface area contributed by atoms with Crippen molar-refractivity contribution in [3.05, 3.63) is 69.6 Å². The lowest BCUT2D eigenvalue weighted by Gasteiger charge is -2.27. The maximum atomic E-state index is 13.1. The van der Waals surface area contributed by atoms with Crippen LogP contribution in [0.3, 0.4) is 0 Å². The Morgan fingerprint density at radius 2 is 1.97 bits per heavy atom. The summed E-state index contributed by atoms with van der Waals surface area (Å²) in [7, 11) is 1.84. The Balaban J connectivity index is 1.33. The van der Waals surface area contributed by atoms with Crippen molar-refractivity contribution in [1.82, 2.24) is 24.1 Å². The Morgan fingerprint density at radius 3 is 2.76 bits per heavy atom. The van der Waals surface area contributed by atoms with E-state index in [0.717, 1.165) is 16.5 Å². The minimum atomic E-state index is -4.55. The van der Waals surface area contributed by atoms with E-state index in [-0.39, 0.29) is 11.6 Å². The first-order valence-corrected chi connectivity index (χ1v) is 10.8. The molecule has 0 fully saturated rings. The van der Waals surface area contributed by atoms with E-state index < -0.39 is 17.6 Å². The number of hydrogen-bond acceptors (Lipinski definition) is 5. The number of nitrogens with zero attached hydrogens (tertiary/aromatic N) is 5. The molecule has 12 heteroatoms. The van der Waals surface area contributed by atoms with Crippen LogP contribution >= 0.6 is 11.3 Å². The Bertz CT molecular complexity index is 1390. The number of imidazole rings is 1. The number of fused-ring (bicyclic) bond motifs is 2. The molecule has 0 radical (unpaired) electrons. The van der Waals surface area contributed by atoms with Crippen molar-refractivity contribution in [2.45, 2.75) is 19.1 Å². The molecule has 1 N–H and O–H groups in total. The molecule has 0 saturated carbocycles. The summed E-state index contributed by atoms with van der Waals surface area (Å²) in [4.78, 5) is 32.0. The zero-order valence-corrected chi connectivity index (χ0v) is 18.1. The average Bonchev–Trinajstić information content (AvgIpc) is 3.48. The van der Waals surface area contributed by atoms with E-state index in [2.05, 4.69) is 15.4 Å². The van der Waals surface area contributed by atoms with Crippen molar-refractivity contribution in [3.63, 3.8) is 0 Å². The minimum absolute atomic E-state index is 0.0322. The third kappa shape index (κ3) is 3.75. The predicted molar refractivity (Wildman–Crippen MR) is 114 cm³/mol. The van der Waals surface area contributed by atoms with Crippen LogP contribution in [0.25, 0.3) is 5.65 Å². The summed E-state index contributed by atoms with van der Waals surface area (Å²) in [6.07, 6.45) is 2.92. The van der Waals surface area contributed by atoms with E-state index in [0.29, 0.717) is 42.5 Å². The molecule has 0 unspecified atom stereocenters. The van der Waals surface area contributed by atoms with Crippen molar-refractivity contribution in [1.29, 1.82) is 0 Å². The van der Waals surface area contributed by atoms with Crippen molar-refractivity contribution in [2.24, 2.45) is 7.05 Å². The Kier molecular flexibility index (Phi) is 4.96. The highest BCUT2D eigenvalue weighted by Gasteiger charge is 2.32. The van der Waals surface area contributed by atoms with Crippen LogP contribution in [0.4, 0.5) is 18.9 Å². The van der Waals surface area contributed by atoms with Gasteiger partial charge in [0, 0.05) is 42.4 Å². The molecule has 0 saturated heterocycles. The van der Waals surface area contributed by atoms with Crippen LogP contribution in [-0.2, 0) is 26.2 Å². The number of alkyl halides is 3. The first kappa shape index (κ1) is 21.2. The second-order valence-electron chi connectivity index (χ2n) is 7.68. The van der Waals surface area contributed by atoms with E-state index in [1.54, 1.807) is 27.2 Å². The van der Waals surface area contributed by atoms with Gasteiger partial charge in [-0.15, -0.1) is 11.3 Å². The fraction of sp³-hybridized carbons (Fsp3) is 0.238. The lowest BCUT2D eigenvalue weighted by atomic mass is 10.0. The highest BCUT2D eigenvalue weighted by molar-refractivity contribution is 7.10. The molecule has 5 heterocycles. The Labute approximate surface area is 189 Å². The van der Waals surface area contributed by atoms with Gasteiger partial charge in [0.25, 0.3) is 11.8 Å². The molecule has 170 valence electrons. The minimum Gasteiger partial charge on any atom is -0.334 e. The monoisotopic (exact) mass is 474 g/mol. The molecule has 1 aliphatic rings. The van der Waals surface area contributed by atoms with Gasteiger partial charge in [-0.25, -0.2) is 4.52 Å². The van der Waals surface area contributed by atoms with Crippen LogP contribution < -0.4 is 5.32 Å². The van der Waals surface area contributed by atoms with Gasteiger partial charge in [-0.1, -0.05) is 0 Å². The number of carbonyl (C=O) groups excluding carboxylic acids is 2. The summed E-state index contributed by atoms with van der Waals surface area (Å²) >= 11 is 1.35. The van der Waals surface area contributed by atoms with Crippen molar-refractivity contribution < 1.29 is 22.8 Å². The zero-order valence-electron chi connectivity index (χ0n) is 17.3. The normalized spacial score (nSPS) is 13.9. The van der Waals surface area contributed by atoms with Crippen LogP contribution in [0.5, 0.6) is 0 Å². The molecule has 2 amide bonds. The van der Waals surface area contributed by atoms with Gasteiger partial charge in [0.15, 0.2) is 0 Å². The van der Waals surface area contributed by atoms with Crippen LogP contribution in [-0.4, -0.2) is 42.4 Å². The molecular weight excluding hydrogens is 457 g/mol. The topological polar surface area (TPSA) is 84.5 Å². The molecule has 4 aromatic heterocycles. The van der Waals surface area contributed by atoms with Gasteiger partial charge in [0.1, 0.15) is 11.2 Å². The van der Waals surface area contributed by atoms with Gasteiger partial charge in [-0.2, -0.15) is 18.3 Å². The number of carbonyl (C=O) groups is 2. The number of halogens is 3. The summed E-state index contributed by atoms with van der Waals surface area (Å²) < 4.78 is 42.2. The van der Waals surface area contributed by atoms with E-state index in [9.17, 15) is 22.8 Å². The van der Waals surface area contributed by atoms with Gasteiger partial charge in [0.05, 0.1) is 35.8 Å². The second-order valence-corrected chi connectivity index (χ2v) is 8.64. The quantitative estimate of drug-likeness (QED) is 0.492. The average molecular weight is 474 g/mol. The van der Waals surface area contributed by atoms with E-state index >= 15 is 0 Å². The van der Waals surface area contributed by atoms with Gasteiger partial charge < -0.3 is 14.8 Å². The SMILES string of the molecule is Cn1ccn2ncc(C(=O)N3CCc4c(C(=O)Nc5cncc(C(F)(F)F)c5)csc4C3)c12. The molecule has 4 aromatic rings. The van der Waals surface area contributed by atoms with Crippen LogP contribution in [0.1, 0.15) is 36.7 Å². The van der Waals surface area contributed by atoms with Crippen molar-refractivity contribution >= 4 is 34.5 Å². The Hall–Kier alpha value is -3.67. The number of thiophene rings is 1. The van der Waals surface area contributed by atoms with Crippen LogP contribution in [0.2, 0.25) is 0 Å². The fourth-order valence-corrected chi connectivity index (χ4v) is 5.02.